The van der Waals surface area contributed by atoms with Crippen molar-refractivity contribution in [3.8, 4) is 23.0 Å². The predicted octanol–water partition coefficient (Wildman–Crippen LogP) is 5.40. The van der Waals surface area contributed by atoms with Crippen LogP contribution in [0.15, 0.2) is 91.0 Å². The standard InChI is InChI=1S/C32H28N2O6/c1-21-7-9-23(10-8-21)18-34(30(35)15-22-5-3-2-4-6-22)31(24-11-13-26-28(16-24)39-19-37-26)32(36)33-25-12-14-27-29(17-25)40-20-38-27/h2-14,16-17,31H,15,18-20H2,1H3,(H,33,36). The largest absolute Gasteiger partial charge is 0.454 e. The maximum atomic E-state index is 14.1. The van der Waals surface area contributed by atoms with Crippen LogP contribution >= 0.6 is 0 Å². The Morgan fingerprint density at radius 3 is 2.12 bits per heavy atom. The number of carbonyl (C=O) groups is 2. The monoisotopic (exact) mass is 536 g/mol. The van der Waals surface area contributed by atoms with Crippen LogP contribution in [0, 0.1) is 6.92 Å². The smallest absolute Gasteiger partial charge is 0.251 e. The van der Waals surface area contributed by atoms with Gasteiger partial charge in [-0.15, -0.1) is 0 Å². The van der Waals surface area contributed by atoms with Gasteiger partial charge in [0.2, 0.25) is 19.5 Å². The molecule has 0 saturated carbocycles. The van der Waals surface area contributed by atoms with Gasteiger partial charge in [-0.1, -0.05) is 66.2 Å². The fourth-order valence-electron chi connectivity index (χ4n) is 4.83. The molecule has 6 rings (SSSR count). The van der Waals surface area contributed by atoms with Gasteiger partial charge in [-0.2, -0.15) is 0 Å². The third kappa shape index (κ3) is 5.42. The number of ether oxygens (including phenoxy) is 4. The normalized spacial score (nSPS) is 13.5. The Morgan fingerprint density at radius 2 is 1.40 bits per heavy atom. The molecule has 202 valence electrons. The predicted molar refractivity (Wildman–Crippen MR) is 148 cm³/mol. The summed E-state index contributed by atoms with van der Waals surface area (Å²) in [6.45, 7) is 2.48. The number of hydrogen-bond donors (Lipinski definition) is 1. The average Bonchev–Trinajstić information content (AvgIpc) is 3.63. The van der Waals surface area contributed by atoms with E-state index < -0.39 is 6.04 Å². The number of benzene rings is 4. The first-order chi connectivity index (χ1) is 19.5. The molecule has 8 heteroatoms. The van der Waals surface area contributed by atoms with E-state index >= 15 is 0 Å². The molecule has 0 fully saturated rings. The minimum atomic E-state index is -0.961. The van der Waals surface area contributed by atoms with Crippen LogP contribution in [-0.2, 0) is 22.6 Å². The van der Waals surface area contributed by atoms with Crippen molar-refractivity contribution in [1.29, 1.82) is 0 Å². The Hall–Kier alpha value is -4.98. The number of nitrogens with one attached hydrogen (secondary N) is 1. The highest BCUT2D eigenvalue weighted by molar-refractivity contribution is 5.98. The van der Waals surface area contributed by atoms with Crippen molar-refractivity contribution in [2.45, 2.75) is 25.9 Å². The molecule has 2 heterocycles. The molecule has 0 bridgehead atoms. The second-order valence-corrected chi connectivity index (χ2v) is 9.74. The molecule has 1 N–H and O–H groups in total. The number of amides is 2. The van der Waals surface area contributed by atoms with Gasteiger partial charge >= 0.3 is 0 Å². The molecule has 4 aromatic rings. The van der Waals surface area contributed by atoms with Crippen LogP contribution in [0.4, 0.5) is 5.69 Å². The second kappa shape index (κ2) is 11.0. The molecule has 0 saturated heterocycles. The summed E-state index contributed by atoms with van der Waals surface area (Å²) < 4.78 is 22.0. The Labute approximate surface area is 232 Å². The number of anilines is 1. The minimum Gasteiger partial charge on any atom is -0.454 e. The van der Waals surface area contributed by atoms with Crippen molar-refractivity contribution in [2.24, 2.45) is 0 Å². The number of nitrogens with zero attached hydrogens (tertiary/aromatic N) is 1. The van der Waals surface area contributed by atoms with Gasteiger partial charge in [-0.05, 0) is 47.9 Å². The van der Waals surface area contributed by atoms with Crippen molar-refractivity contribution >= 4 is 17.5 Å². The van der Waals surface area contributed by atoms with Crippen molar-refractivity contribution in [1.82, 2.24) is 4.90 Å². The number of rotatable bonds is 8. The summed E-state index contributed by atoms with van der Waals surface area (Å²) in [4.78, 5) is 29.7. The van der Waals surface area contributed by atoms with Crippen LogP contribution in [0.3, 0.4) is 0 Å². The number of aryl methyl sites for hydroxylation is 1. The SMILES string of the molecule is Cc1ccc(CN(C(=O)Cc2ccccc2)C(C(=O)Nc2ccc3c(c2)OCO3)c2ccc3c(c2)OCO3)cc1. The number of hydrogen-bond acceptors (Lipinski definition) is 6. The zero-order valence-corrected chi connectivity index (χ0v) is 22.0. The summed E-state index contributed by atoms with van der Waals surface area (Å²) in [7, 11) is 0. The molecule has 4 aromatic carbocycles. The first kappa shape index (κ1) is 25.3. The van der Waals surface area contributed by atoms with Crippen LogP contribution in [-0.4, -0.2) is 30.3 Å². The van der Waals surface area contributed by atoms with Gasteiger partial charge in [0.15, 0.2) is 23.0 Å². The van der Waals surface area contributed by atoms with E-state index in [1.807, 2.05) is 61.5 Å². The molecule has 40 heavy (non-hydrogen) atoms. The molecule has 0 spiro atoms. The molecule has 0 aromatic heterocycles. The van der Waals surface area contributed by atoms with E-state index in [-0.39, 0.29) is 38.4 Å². The highest BCUT2D eigenvalue weighted by Gasteiger charge is 2.33. The van der Waals surface area contributed by atoms with Gasteiger partial charge in [0.25, 0.3) is 5.91 Å². The van der Waals surface area contributed by atoms with Gasteiger partial charge in [0, 0.05) is 18.3 Å². The Morgan fingerprint density at radius 1 is 0.750 bits per heavy atom. The van der Waals surface area contributed by atoms with Crippen molar-refractivity contribution in [3.63, 3.8) is 0 Å². The molecule has 8 nitrogen and oxygen atoms in total. The van der Waals surface area contributed by atoms with Crippen LogP contribution in [0.5, 0.6) is 23.0 Å². The van der Waals surface area contributed by atoms with Gasteiger partial charge in [0.05, 0.1) is 6.42 Å². The van der Waals surface area contributed by atoms with E-state index in [1.54, 1.807) is 41.3 Å². The van der Waals surface area contributed by atoms with E-state index in [9.17, 15) is 9.59 Å². The summed E-state index contributed by atoms with van der Waals surface area (Å²) in [5, 5.41) is 2.99. The van der Waals surface area contributed by atoms with Crippen molar-refractivity contribution < 1.29 is 28.5 Å². The molecule has 1 unspecified atom stereocenters. The highest BCUT2D eigenvalue weighted by Crippen LogP contribution is 2.38. The Kier molecular flexibility index (Phi) is 6.97. The van der Waals surface area contributed by atoms with Gasteiger partial charge in [-0.25, -0.2) is 0 Å². The maximum Gasteiger partial charge on any atom is 0.251 e. The van der Waals surface area contributed by atoms with Crippen LogP contribution < -0.4 is 24.3 Å². The number of fused-ring (bicyclic) bond motifs is 2. The summed E-state index contributed by atoms with van der Waals surface area (Å²) in [6, 6.07) is 27.1. The lowest BCUT2D eigenvalue weighted by Gasteiger charge is -2.32. The maximum absolute atomic E-state index is 14.1. The average molecular weight is 537 g/mol. The van der Waals surface area contributed by atoms with E-state index in [1.165, 1.54) is 0 Å². The van der Waals surface area contributed by atoms with Gasteiger partial charge < -0.3 is 29.2 Å². The van der Waals surface area contributed by atoms with Crippen LogP contribution in [0.1, 0.15) is 28.3 Å². The Bertz CT molecular complexity index is 1540. The zero-order valence-electron chi connectivity index (χ0n) is 22.0. The van der Waals surface area contributed by atoms with E-state index in [0.717, 1.165) is 16.7 Å². The lowest BCUT2D eigenvalue weighted by Crippen LogP contribution is -2.41. The van der Waals surface area contributed by atoms with E-state index in [2.05, 4.69) is 5.32 Å². The molecule has 2 aliphatic heterocycles. The minimum absolute atomic E-state index is 0.104. The fourth-order valence-corrected chi connectivity index (χ4v) is 4.83. The second-order valence-electron chi connectivity index (χ2n) is 9.74. The third-order valence-corrected chi connectivity index (χ3v) is 6.90. The first-order valence-corrected chi connectivity index (χ1v) is 13.0. The molecule has 0 radical (unpaired) electrons. The summed E-state index contributed by atoms with van der Waals surface area (Å²) >= 11 is 0. The van der Waals surface area contributed by atoms with Gasteiger partial charge in [0.1, 0.15) is 6.04 Å². The zero-order chi connectivity index (χ0) is 27.5. The van der Waals surface area contributed by atoms with Gasteiger partial charge in [-0.3, -0.25) is 9.59 Å². The number of carbonyl (C=O) groups excluding carboxylic acids is 2. The summed E-state index contributed by atoms with van der Waals surface area (Å²) in [5.74, 6) is 1.74. The summed E-state index contributed by atoms with van der Waals surface area (Å²) in [5.41, 5.74) is 4.02. The van der Waals surface area contributed by atoms with Crippen LogP contribution in [0.25, 0.3) is 0 Å². The molecule has 0 aliphatic carbocycles. The topological polar surface area (TPSA) is 86.3 Å². The molecule has 2 aliphatic rings. The Balaban J connectivity index is 1.39. The van der Waals surface area contributed by atoms with E-state index in [4.69, 9.17) is 18.9 Å². The fraction of sp³-hybridized carbons (Fsp3) is 0.188. The molecular weight excluding hydrogens is 508 g/mol. The van der Waals surface area contributed by atoms with Crippen LogP contribution in [0.2, 0.25) is 0 Å². The van der Waals surface area contributed by atoms with Crippen molar-refractivity contribution in [3.05, 3.63) is 113 Å². The highest BCUT2D eigenvalue weighted by atomic mass is 16.7. The molecule has 2 amide bonds. The first-order valence-electron chi connectivity index (χ1n) is 13.0. The van der Waals surface area contributed by atoms with E-state index in [0.29, 0.717) is 34.2 Å². The summed E-state index contributed by atoms with van der Waals surface area (Å²) in [6.07, 6.45) is 0.144. The lowest BCUT2D eigenvalue weighted by atomic mass is 10.0. The molecular formula is C32H28N2O6. The lowest BCUT2D eigenvalue weighted by molar-refractivity contribution is -0.139. The molecule has 1 atom stereocenters. The quantitative estimate of drug-likeness (QED) is 0.324. The third-order valence-electron chi connectivity index (χ3n) is 6.90. The van der Waals surface area contributed by atoms with Crippen molar-refractivity contribution in [2.75, 3.05) is 18.9 Å².